The number of rotatable bonds is 8. The van der Waals surface area contributed by atoms with Crippen molar-refractivity contribution in [2.24, 2.45) is 0 Å². The molecule has 12 rings (SSSR count). The van der Waals surface area contributed by atoms with E-state index in [-0.39, 0.29) is 5.41 Å². The van der Waals surface area contributed by atoms with Crippen LogP contribution in [-0.2, 0) is 5.41 Å². The van der Waals surface area contributed by atoms with E-state index in [1.54, 1.807) is 0 Å². The maximum atomic E-state index is 5.23. The summed E-state index contributed by atoms with van der Waals surface area (Å²) in [6.07, 6.45) is 0. The summed E-state index contributed by atoms with van der Waals surface area (Å²) in [6, 6.07) is 89.9. The van der Waals surface area contributed by atoms with Gasteiger partial charge in [-0.3, -0.25) is 0 Å². The van der Waals surface area contributed by atoms with Gasteiger partial charge in [-0.1, -0.05) is 212 Å². The summed E-state index contributed by atoms with van der Waals surface area (Å²) in [5.41, 5.74) is 20.7. The lowest BCUT2D eigenvalue weighted by atomic mass is 9.74. The first-order valence-corrected chi connectivity index (χ1v) is 22.7. The van der Waals surface area contributed by atoms with Gasteiger partial charge in [0.1, 0.15) is 0 Å². The highest BCUT2D eigenvalue weighted by Crippen LogP contribution is 2.53. The summed E-state index contributed by atoms with van der Waals surface area (Å²) >= 11 is 0. The fourth-order valence-corrected chi connectivity index (χ4v) is 10.2. The van der Waals surface area contributed by atoms with Gasteiger partial charge >= 0.3 is 0 Å². The Labute approximate surface area is 386 Å². The lowest BCUT2D eigenvalue weighted by Gasteiger charge is -2.28. The zero-order valence-corrected chi connectivity index (χ0v) is 36.6. The summed E-state index contributed by atoms with van der Waals surface area (Å²) in [5, 5.41) is 2.31. The van der Waals surface area contributed by atoms with E-state index in [1.165, 1.54) is 72.1 Å². The largest absolute Gasteiger partial charge is 0.228 e. The number of nitrogens with zero attached hydrogens (tertiary/aromatic N) is 2. The molecule has 0 radical (unpaired) electrons. The van der Waals surface area contributed by atoms with Crippen molar-refractivity contribution >= 4 is 10.8 Å². The molecule has 1 aliphatic carbocycles. The van der Waals surface area contributed by atoms with Crippen LogP contribution in [0.4, 0.5) is 0 Å². The van der Waals surface area contributed by atoms with Crippen LogP contribution in [0.5, 0.6) is 0 Å². The Hall–Kier alpha value is -8.46. The van der Waals surface area contributed by atoms with Gasteiger partial charge in [0, 0.05) is 22.1 Å². The normalized spacial score (nSPS) is 13.9. The van der Waals surface area contributed by atoms with Crippen LogP contribution >= 0.6 is 0 Å². The van der Waals surface area contributed by atoms with Crippen molar-refractivity contribution in [2.45, 2.75) is 12.3 Å². The molecule has 310 valence electrons. The SMILES string of the molecule is CC1(c2ccccc2)c2ccccc2-c2ccc(-c3cccc(-c4cc(-c5ccccc5)cc(-c5ccc(-c6cc(-c7ccccc7)nc(-c7ccccc7)n6)c6ccccc56)c4)c3)cc21. The molecule has 0 N–H and O–H groups in total. The summed E-state index contributed by atoms with van der Waals surface area (Å²) in [4.78, 5) is 10.3. The molecule has 1 aromatic heterocycles. The highest BCUT2D eigenvalue weighted by molar-refractivity contribution is 6.05. The average Bonchev–Trinajstić information content (AvgIpc) is 3.66. The second kappa shape index (κ2) is 16.3. The number of aromatic nitrogens is 2. The molecule has 1 atom stereocenters. The first-order valence-electron chi connectivity index (χ1n) is 22.7. The summed E-state index contributed by atoms with van der Waals surface area (Å²) in [7, 11) is 0. The molecular formula is C64H44N2. The number of hydrogen-bond acceptors (Lipinski definition) is 2. The van der Waals surface area contributed by atoms with Crippen LogP contribution in [-0.4, -0.2) is 9.97 Å². The molecule has 10 aromatic carbocycles. The molecule has 0 saturated heterocycles. The minimum Gasteiger partial charge on any atom is -0.228 e. The lowest BCUT2D eigenvalue weighted by molar-refractivity contribution is 0.714. The number of fused-ring (bicyclic) bond motifs is 4. The van der Waals surface area contributed by atoms with Gasteiger partial charge in [0.2, 0.25) is 0 Å². The smallest absolute Gasteiger partial charge is 0.160 e. The molecular weight excluding hydrogens is 797 g/mol. The van der Waals surface area contributed by atoms with Crippen LogP contribution in [0, 0.1) is 0 Å². The third kappa shape index (κ3) is 6.83. The molecule has 0 bridgehead atoms. The van der Waals surface area contributed by atoms with Crippen molar-refractivity contribution < 1.29 is 0 Å². The molecule has 1 unspecified atom stereocenters. The Bertz CT molecular complexity index is 3520. The standard InChI is InChI=1S/C64H44N2/c1-64(52-27-12-5-13-28-52)59-32-17-16-31-56(59)57-34-33-48(41-60(57)64)46-25-18-26-47(37-46)50-38-49(43-19-6-2-7-20-43)39-51(40-50)53-35-36-58(55-30-15-14-29-54(53)55)62-42-61(44-21-8-3-9-22-44)65-63(66-62)45-23-10-4-11-24-45/h2-42H,1H3. The van der Waals surface area contributed by atoms with Crippen molar-refractivity contribution in [3.05, 3.63) is 265 Å². The van der Waals surface area contributed by atoms with Gasteiger partial charge in [-0.15, -0.1) is 0 Å². The minimum absolute atomic E-state index is 0.264. The van der Waals surface area contributed by atoms with Crippen molar-refractivity contribution in [2.75, 3.05) is 0 Å². The van der Waals surface area contributed by atoms with E-state index in [1.807, 2.05) is 24.3 Å². The number of hydrogen-bond donors (Lipinski definition) is 0. The molecule has 11 aromatic rings. The fraction of sp³-hybridized carbons (Fsp3) is 0.0312. The average molecular weight is 841 g/mol. The van der Waals surface area contributed by atoms with Crippen molar-refractivity contribution in [3.8, 4) is 89.5 Å². The Balaban J connectivity index is 0.987. The lowest BCUT2D eigenvalue weighted by Crippen LogP contribution is -2.22. The molecule has 0 fully saturated rings. The van der Waals surface area contributed by atoms with Gasteiger partial charge < -0.3 is 0 Å². The van der Waals surface area contributed by atoms with Crippen LogP contribution in [0.1, 0.15) is 23.6 Å². The Morgan fingerprint density at radius 2 is 0.742 bits per heavy atom. The monoisotopic (exact) mass is 840 g/mol. The van der Waals surface area contributed by atoms with Crippen molar-refractivity contribution in [1.29, 1.82) is 0 Å². The highest BCUT2D eigenvalue weighted by atomic mass is 14.9. The Morgan fingerprint density at radius 3 is 1.47 bits per heavy atom. The third-order valence-electron chi connectivity index (χ3n) is 13.6. The minimum atomic E-state index is -0.264. The van der Waals surface area contributed by atoms with E-state index < -0.39 is 0 Å². The summed E-state index contributed by atoms with van der Waals surface area (Å²) in [5.74, 6) is 0.706. The van der Waals surface area contributed by atoms with E-state index in [0.29, 0.717) is 5.82 Å². The zero-order chi connectivity index (χ0) is 44.0. The molecule has 0 amide bonds. The first kappa shape index (κ1) is 39.2. The second-order valence-electron chi connectivity index (χ2n) is 17.4. The highest BCUT2D eigenvalue weighted by Gasteiger charge is 2.40. The van der Waals surface area contributed by atoms with Crippen LogP contribution in [0.2, 0.25) is 0 Å². The quantitative estimate of drug-likeness (QED) is 0.152. The predicted molar refractivity (Wildman–Crippen MR) is 275 cm³/mol. The Morgan fingerprint density at radius 1 is 0.273 bits per heavy atom. The van der Waals surface area contributed by atoms with Crippen molar-refractivity contribution in [1.82, 2.24) is 9.97 Å². The molecule has 66 heavy (non-hydrogen) atoms. The van der Waals surface area contributed by atoms with Gasteiger partial charge in [0.15, 0.2) is 5.82 Å². The third-order valence-corrected chi connectivity index (χ3v) is 13.6. The van der Waals surface area contributed by atoms with E-state index in [0.717, 1.165) is 39.0 Å². The topological polar surface area (TPSA) is 25.8 Å². The fourth-order valence-electron chi connectivity index (χ4n) is 10.2. The molecule has 0 saturated carbocycles. The molecule has 1 heterocycles. The Kier molecular flexibility index (Phi) is 9.65. The molecule has 0 aliphatic heterocycles. The summed E-state index contributed by atoms with van der Waals surface area (Å²) < 4.78 is 0. The second-order valence-corrected chi connectivity index (χ2v) is 17.4. The van der Waals surface area contributed by atoms with Crippen LogP contribution < -0.4 is 0 Å². The zero-order valence-electron chi connectivity index (χ0n) is 36.6. The van der Waals surface area contributed by atoms with Gasteiger partial charge in [-0.05, 0) is 126 Å². The van der Waals surface area contributed by atoms with Crippen molar-refractivity contribution in [3.63, 3.8) is 0 Å². The molecule has 0 spiro atoms. The van der Waals surface area contributed by atoms with E-state index >= 15 is 0 Å². The molecule has 2 heteroatoms. The van der Waals surface area contributed by atoms with E-state index in [4.69, 9.17) is 9.97 Å². The van der Waals surface area contributed by atoms with E-state index in [9.17, 15) is 0 Å². The predicted octanol–water partition coefficient (Wildman–Crippen LogP) is 16.6. The van der Waals surface area contributed by atoms with E-state index in [2.05, 4.69) is 231 Å². The van der Waals surface area contributed by atoms with Crippen LogP contribution in [0.15, 0.2) is 249 Å². The summed E-state index contributed by atoms with van der Waals surface area (Å²) in [6.45, 7) is 2.39. The van der Waals surface area contributed by atoms with Gasteiger partial charge in [-0.25, -0.2) is 9.97 Å². The maximum absolute atomic E-state index is 5.23. The molecule has 1 aliphatic rings. The van der Waals surface area contributed by atoms with Crippen LogP contribution in [0.25, 0.3) is 100 Å². The van der Waals surface area contributed by atoms with Crippen LogP contribution in [0.3, 0.4) is 0 Å². The van der Waals surface area contributed by atoms with Gasteiger partial charge in [-0.2, -0.15) is 0 Å². The maximum Gasteiger partial charge on any atom is 0.160 e. The van der Waals surface area contributed by atoms with Gasteiger partial charge in [0.05, 0.1) is 11.4 Å². The number of benzene rings is 10. The first-order chi connectivity index (χ1) is 32.6. The molecule has 2 nitrogen and oxygen atoms in total. The van der Waals surface area contributed by atoms with Gasteiger partial charge in [0.25, 0.3) is 0 Å².